The van der Waals surface area contributed by atoms with Crippen molar-refractivity contribution in [3.8, 4) is 17.1 Å². The molecule has 4 rings (SSSR count). The fraction of sp³-hybridized carbons (Fsp3) is 0.250. The van der Waals surface area contributed by atoms with Crippen LogP contribution in [0.5, 0.6) is 5.88 Å². The van der Waals surface area contributed by atoms with Crippen molar-refractivity contribution in [1.82, 2.24) is 15.1 Å². The average molecular weight is 365 g/mol. The van der Waals surface area contributed by atoms with E-state index in [1.807, 2.05) is 40.6 Å². The largest absolute Gasteiger partial charge is 0.480 e. The highest BCUT2D eigenvalue weighted by atomic mass is 32.1. The van der Waals surface area contributed by atoms with Crippen LogP contribution in [0, 0.1) is 0 Å². The zero-order valence-corrected chi connectivity index (χ0v) is 15.3. The van der Waals surface area contributed by atoms with Crippen LogP contribution in [0.2, 0.25) is 0 Å². The minimum atomic E-state index is 0.0713. The Kier molecular flexibility index (Phi) is 4.67. The van der Waals surface area contributed by atoms with Gasteiger partial charge in [-0.3, -0.25) is 4.79 Å². The summed E-state index contributed by atoms with van der Waals surface area (Å²) in [7, 11) is 1.56. The summed E-state index contributed by atoms with van der Waals surface area (Å²) in [5, 5.41) is 12.3. The molecular formula is C20H19N3O2S. The second kappa shape index (κ2) is 7.25. The highest BCUT2D eigenvalue weighted by molar-refractivity contribution is 7.07. The van der Waals surface area contributed by atoms with E-state index in [4.69, 9.17) is 4.74 Å². The maximum atomic E-state index is 13.1. The van der Waals surface area contributed by atoms with Crippen LogP contribution in [0.1, 0.15) is 28.8 Å². The topological polar surface area (TPSA) is 55.3 Å². The summed E-state index contributed by atoms with van der Waals surface area (Å²) in [5.74, 6) is 0.540. The van der Waals surface area contributed by atoms with E-state index in [1.165, 1.54) is 5.56 Å². The zero-order chi connectivity index (χ0) is 17.9. The fourth-order valence-electron chi connectivity index (χ4n) is 2.89. The molecular weight excluding hydrogens is 346 g/mol. The molecule has 1 aromatic carbocycles. The van der Waals surface area contributed by atoms with Gasteiger partial charge in [0.25, 0.3) is 5.91 Å². The van der Waals surface area contributed by atoms with E-state index >= 15 is 0 Å². The number of benzene rings is 1. The molecule has 1 aliphatic carbocycles. The third kappa shape index (κ3) is 3.60. The second-order valence-corrected chi connectivity index (χ2v) is 7.12. The lowest BCUT2D eigenvalue weighted by molar-refractivity contribution is 0.0730. The van der Waals surface area contributed by atoms with Crippen LogP contribution in [0.25, 0.3) is 11.3 Å². The smallest absolute Gasteiger partial charge is 0.254 e. The molecule has 1 amide bonds. The molecule has 2 heterocycles. The van der Waals surface area contributed by atoms with Gasteiger partial charge in [-0.25, -0.2) is 0 Å². The van der Waals surface area contributed by atoms with E-state index in [0.29, 0.717) is 24.0 Å². The molecule has 1 aliphatic rings. The van der Waals surface area contributed by atoms with Gasteiger partial charge < -0.3 is 9.64 Å². The Morgan fingerprint density at radius 3 is 2.77 bits per heavy atom. The number of rotatable bonds is 6. The van der Waals surface area contributed by atoms with Crippen molar-refractivity contribution in [3.63, 3.8) is 0 Å². The maximum Gasteiger partial charge on any atom is 0.254 e. The molecule has 0 saturated heterocycles. The molecule has 0 atom stereocenters. The van der Waals surface area contributed by atoms with Crippen LogP contribution in [0.4, 0.5) is 0 Å². The molecule has 1 saturated carbocycles. The van der Waals surface area contributed by atoms with E-state index in [2.05, 4.69) is 21.6 Å². The van der Waals surface area contributed by atoms with Gasteiger partial charge in [0.2, 0.25) is 5.88 Å². The van der Waals surface area contributed by atoms with Crippen molar-refractivity contribution in [3.05, 3.63) is 64.4 Å². The molecule has 0 aliphatic heterocycles. The predicted molar refractivity (Wildman–Crippen MR) is 101 cm³/mol. The Morgan fingerprint density at radius 1 is 1.23 bits per heavy atom. The monoisotopic (exact) mass is 365 g/mol. The second-order valence-electron chi connectivity index (χ2n) is 6.34. The van der Waals surface area contributed by atoms with Crippen LogP contribution in [-0.2, 0) is 6.54 Å². The van der Waals surface area contributed by atoms with Crippen LogP contribution in [-0.4, -0.2) is 34.2 Å². The first-order chi connectivity index (χ1) is 12.7. The summed E-state index contributed by atoms with van der Waals surface area (Å²) >= 11 is 1.66. The number of hydrogen-bond donors (Lipinski definition) is 0. The minimum absolute atomic E-state index is 0.0713. The van der Waals surface area contributed by atoms with E-state index in [0.717, 1.165) is 24.1 Å². The van der Waals surface area contributed by atoms with Crippen LogP contribution >= 0.6 is 11.3 Å². The van der Waals surface area contributed by atoms with Crippen LogP contribution < -0.4 is 4.74 Å². The number of hydrogen-bond acceptors (Lipinski definition) is 5. The van der Waals surface area contributed by atoms with Crippen LogP contribution in [0.3, 0.4) is 0 Å². The van der Waals surface area contributed by atoms with Gasteiger partial charge >= 0.3 is 0 Å². The third-order valence-electron chi connectivity index (χ3n) is 4.44. The molecule has 3 aromatic rings. The van der Waals surface area contributed by atoms with E-state index in [-0.39, 0.29) is 5.91 Å². The predicted octanol–water partition coefficient (Wildman–Crippen LogP) is 4.02. The van der Waals surface area contributed by atoms with E-state index in [9.17, 15) is 4.79 Å². The highest BCUT2D eigenvalue weighted by Crippen LogP contribution is 2.31. The number of carbonyl (C=O) groups excluding carboxylic acids is 1. The Labute approximate surface area is 156 Å². The average Bonchev–Trinajstić information content (AvgIpc) is 3.41. The Hall–Kier alpha value is -2.73. The third-order valence-corrected chi connectivity index (χ3v) is 5.17. The molecule has 2 aromatic heterocycles. The number of methoxy groups -OCH3 is 1. The molecule has 1 fully saturated rings. The van der Waals surface area contributed by atoms with Gasteiger partial charge in [-0.1, -0.05) is 12.1 Å². The maximum absolute atomic E-state index is 13.1. The number of carbonyl (C=O) groups is 1. The lowest BCUT2D eigenvalue weighted by Gasteiger charge is -2.22. The number of ether oxygens (including phenoxy) is 1. The minimum Gasteiger partial charge on any atom is -0.480 e. The number of thiophene rings is 1. The summed E-state index contributed by atoms with van der Waals surface area (Å²) in [6.45, 7) is 0.666. The van der Waals surface area contributed by atoms with E-state index in [1.54, 1.807) is 24.5 Å². The highest BCUT2D eigenvalue weighted by Gasteiger charge is 2.33. The van der Waals surface area contributed by atoms with Gasteiger partial charge in [0.1, 0.15) is 0 Å². The van der Waals surface area contributed by atoms with Crippen molar-refractivity contribution in [2.24, 2.45) is 0 Å². The molecule has 0 N–H and O–H groups in total. The zero-order valence-electron chi connectivity index (χ0n) is 14.5. The Balaban J connectivity index is 1.58. The fourth-order valence-corrected chi connectivity index (χ4v) is 3.55. The molecule has 0 radical (unpaired) electrons. The number of nitrogens with zero attached hydrogens (tertiary/aromatic N) is 3. The molecule has 0 spiro atoms. The van der Waals surface area contributed by atoms with Gasteiger partial charge in [-0.2, -0.15) is 11.3 Å². The molecule has 132 valence electrons. The first-order valence-corrected chi connectivity index (χ1v) is 9.49. The van der Waals surface area contributed by atoms with Crippen molar-refractivity contribution in [1.29, 1.82) is 0 Å². The van der Waals surface area contributed by atoms with Gasteiger partial charge in [-0.15, -0.1) is 10.2 Å². The quantitative estimate of drug-likeness (QED) is 0.662. The van der Waals surface area contributed by atoms with Gasteiger partial charge in [0, 0.05) is 29.8 Å². The lowest BCUT2D eigenvalue weighted by atomic mass is 10.1. The van der Waals surface area contributed by atoms with Gasteiger partial charge in [-0.05, 0) is 53.4 Å². The van der Waals surface area contributed by atoms with Crippen LogP contribution in [0.15, 0.2) is 53.2 Å². The molecule has 0 unspecified atom stereocenters. The van der Waals surface area contributed by atoms with Crippen molar-refractivity contribution < 1.29 is 9.53 Å². The van der Waals surface area contributed by atoms with E-state index < -0.39 is 0 Å². The van der Waals surface area contributed by atoms with Gasteiger partial charge in [0.15, 0.2) is 0 Å². The lowest BCUT2D eigenvalue weighted by Crippen LogP contribution is -2.32. The molecule has 5 nitrogen and oxygen atoms in total. The van der Waals surface area contributed by atoms with Crippen molar-refractivity contribution >= 4 is 17.2 Å². The summed E-state index contributed by atoms with van der Waals surface area (Å²) in [6.07, 6.45) is 2.17. The summed E-state index contributed by atoms with van der Waals surface area (Å²) in [5.41, 5.74) is 3.46. The standard InChI is InChI=1S/C20H19N3O2S/c1-25-19-8-7-18(21-22-19)15-3-2-4-16(11-15)20(24)23(17-5-6-17)12-14-9-10-26-13-14/h2-4,7-11,13,17H,5-6,12H2,1H3. The van der Waals surface area contributed by atoms with Crippen molar-refractivity contribution in [2.45, 2.75) is 25.4 Å². The first-order valence-electron chi connectivity index (χ1n) is 8.55. The SMILES string of the molecule is COc1ccc(-c2cccc(C(=O)N(Cc3ccsc3)C3CC3)c2)nn1. The first kappa shape index (κ1) is 16.7. The summed E-state index contributed by atoms with van der Waals surface area (Å²) < 4.78 is 5.05. The Bertz CT molecular complexity index is 890. The molecule has 26 heavy (non-hydrogen) atoms. The Morgan fingerprint density at radius 2 is 2.12 bits per heavy atom. The molecule has 0 bridgehead atoms. The summed E-state index contributed by atoms with van der Waals surface area (Å²) in [4.78, 5) is 15.1. The number of amides is 1. The normalized spacial score (nSPS) is 13.4. The van der Waals surface area contributed by atoms with Gasteiger partial charge in [0.05, 0.1) is 12.8 Å². The summed E-state index contributed by atoms with van der Waals surface area (Å²) in [6, 6.07) is 13.6. The number of aromatic nitrogens is 2. The molecule has 6 heteroatoms. The van der Waals surface area contributed by atoms with Crippen molar-refractivity contribution in [2.75, 3.05) is 7.11 Å².